The van der Waals surface area contributed by atoms with E-state index in [1.807, 2.05) is 65.3 Å². The van der Waals surface area contributed by atoms with Crippen molar-refractivity contribution < 1.29 is 9.53 Å². The van der Waals surface area contributed by atoms with Crippen LogP contribution in [-0.2, 0) is 6.61 Å². The van der Waals surface area contributed by atoms with Crippen molar-refractivity contribution in [3.05, 3.63) is 109 Å². The van der Waals surface area contributed by atoms with Gasteiger partial charge in [0.15, 0.2) is 0 Å². The molecule has 1 N–H and O–H groups in total. The Balaban J connectivity index is 1.25. The molecule has 0 aliphatic rings. The van der Waals surface area contributed by atoms with Crippen LogP contribution in [0.15, 0.2) is 97.7 Å². The average molecular weight is 421 g/mol. The van der Waals surface area contributed by atoms with Gasteiger partial charge in [-0.05, 0) is 42.5 Å². The standard InChI is InChI=1S/C25H19N5O2/c31-24(20-5-1-6-22(14-20)32-17-18-4-2-11-26-15-18)28-21-9-7-19(8-10-21)23-16-30-13-3-12-27-25(30)29-23/h1-16H,17H2,(H,28,31). The number of fused-ring (bicyclic) bond motifs is 1. The van der Waals surface area contributed by atoms with Crippen molar-refractivity contribution >= 4 is 17.4 Å². The van der Waals surface area contributed by atoms with E-state index >= 15 is 0 Å². The lowest BCUT2D eigenvalue weighted by molar-refractivity contribution is 0.102. The van der Waals surface area contributed by atoms with E-state index in [1.165, 1.54) is 0 Å². The zero-order valence-electron chi connectivity index (χ0n) is 17.1. The summed E-state index contributed by atoms with van der Waals surface area (Å²) in [6, 6.07) is 20.3. The topological polar surface area (TPSA) is 81.4 Å². The molecule has 0 aliphatic heterocycles. The molecule has 0 saturated carbocycles. The summed E-state index contributed by atoms with van der Waals surface area (Å²) in [5.74, 6) is 1.06. The normalized spacial score (nSPS) is 10.8. The van der Waals surface area contributed by atoms with Gasteiger partial charge in [0.1, 0.15) is 12.4 Å². The van der Waals surface area contributed by atoms with Crippen LogP contribution in [0.25, 0.3) is 17.0 Å². The Bertz CT molecular complexity index is 1330. The van der Waals surface area contributed by atoms with E-state index in [2.05, 4.69) is 20.3 Å². The molecule has 3 aromatic heterocycles. The Morgan fingerprint density at radius 2 is 1.91 bits per heavy atom. The van der Waals surface area contributed by atoms with E-state index in [9.17, 15) is 4.79 Å². The predicted molar refractivity (Wildman–Crippen MR) is 121 cm³/mol. The molecule has 32 heavy (non-hydrogen) atoms. The molecule has 7 nitrogen and oxygen atoms in total. The van der Waals surface area contributed by atoms with E-state index in [4.69, 9.17) is 4.74 Å². The van der Waals surface area contributed by atoms with Gasteiger partial charge >= 0.3 is 0 Å². The SMILES string of the molecule is O=C(Nc1ccc(-c2cn3cccnc3n2)cc1)c1cccc(OCc2cccnc2)c1. The minimum absolute atomic E-state index is 0.207. The molecule has 0 radical (unpaired) electrons. The van der Waals surface area contributed by atoms with E-state index in [1.54, 1.807) is 36.8 Å². The highest BCUT2D eigenvalue weighted by Gasteiger charge is 2.09. The van der Waals surface area contributed by atoms with Gasteiger partial charge in [-0.2, -0.15) is 0 Å². The first-order chi connectivity index (χ1) is 15.7. The monoisotopic (exact) mass is 421 g/mol. The molecule has 0 unspecified atom stereocenters. The fraction of sp³-hybridized carbons (Fsp3) is 0.0400. The summed E-state index contributed by atoms with van der Waals surface area (Å²) in [7, 11) is 0. The maximum atomic E-state index is 12.7. The number of nitrogens with zero attached hydrogens (tertiary/aromatic N) is 4. The summed E-state index contributed by atoms with van der Waals surface area (Å²) in [5, 5.41) is 2.92. The van der Waals surface area contributed by atoms with E-state index in [-0.39, 0.29) is 5.91 Å². The van der Waals surface area contributed by atoms with Crippen molar-refractivity contribution in [3.8, 4) is 17.0 Å². The van der Waals surface area contributed by atoms with Crippen molar-refractivity contribution in [1.82, 2.24) is 19.4 Å². The Hall–Kier alpha value is -4.52. The predicted octanol–water partition coefficient (Wildman–Crippen LogP) is 4.62. The summed E-state index contributed by atoms with van der Waals surface area (Å²) in [5.41, 5.74) is 3.94. The van der Waals surface area contributed by atoms with Gasteiger partial charge in [0.2, 0.25) is 5.78 Å². The second kappa shape index (κ2) is 8.69. The highest BCUT2D eigenvalue weighted by atomic mass is 16.5. The highest BCUT2D eigenvalue weighted by molar-refractivity contribution is 6.04. The van der Waals surface area contributed by atoms with Gasteiger partial charge in [-0.3, -0.25) is 14.2 Å². The average Bonchev–Trinajstić information content (AvgIpc) is 3.28. The summed E-state index contributed by atoms with van der Waals surface area (Å²) in [6.45, 7) is 0.388. The number of amides is 1. The number of nitrogens with one attached hydrogen (secondary N) is 1. The number of benzene rings is 2. The van der Waals surface area contributed by atoms with Gasteiger partial charge in [-0.25, -0.2) is 9.97 Å². The maximum absolute atomic E-state index is 12.7. The lowest BCUT2D eigenvalue weighted by atomic mass is 10.1. The molecular weight excluding hydrogens is 402 g/mol. The smallest absolute Gasteiger partial charge is 0.255 e. The number of imidazole rings is 1. The third-order valence-electron chi connectivity index (χ3n) is 4.90. The van der Waals surface area contributed by atoms with Crippen molar-refractivity contribution in [3.63, 3.8) is 0 Å². The molecule has 0 bridgehead atoms. The number of ether oxygens (including phenoxy) is 1. The molecule has 5 aromatic rings. The van der Waals surface area contributed by atoms with Crippen LogP contribution >= 0.6 is 0 Å². The third-order valence-corrected chi connectivity index (χ3v) is 4.90. The van der Waals surface area contributed by atoms with Gasteiger partial charge in [-0.15, -0.1) is 0 Å². The molecule has 156 valence electrons. The first kappa shape index (κ1) is 19.4. The lowest BCUT2D eigenvalue weighted by Crippen LogP contribution is -2.12. The minimum atomic E-state index is -0.207. The molecule has 0 spiro atoms. The number of hydrogen-bond donors (Lipinski definition) is 1. The lowest BCUT2D eigenvalue weighted by Gasteiger charge is -2.09. The van der Waals surface area contributed by atoms with E-state index in [0.29, 0.717) is 29.4 Å². The first-order valence-corrected chi connectivity index (χ1v) is 10.1. The summed E-state index contributed by atoms with van der Waals surface area (Å²) in [6.07, 6.45) is 9.01. The maximum Gasteiger partial charge on any atom is 0.255 e. The number of aromatic nitrogens is 4. The molecule has 0 atom stereocenters. The van der Waals surface area contributed by atoms with Crippen molar-refractivity contribution in [1.29, 1.82) is 0 Å². The molecule has 2 aromatic carbocycles. The second-order valence-corrected chi connectivity index (χ2v) is 7.16. The molecule has 0 fully saturated rings. The Labute approximate surface area is 184 Å². The molecule has 1 amide bonds. The van der Waals surface area contributed by atoms with Crippen LogP contribution in [0.5, 0.6) is 5.75 Å². The largest absolute Gasteiger partial charge is 0.489 e. The van der Waals surface area contributed by atoms with Gasteiger partial charge < -0.3 is 10.1 Å². The summed E-state index contributed by atoms with van der Waals surface area (Å²) in [4.78, 5) is 25.5. The number of carbonyl (C=O) groups excluding carboxylic acids is 1. The van der Waals surface area contributed by atoms with Gasteiger partial charge in [-0.1, -0.05) is 24.3 Å². The van der Waals surface area contributed by atoms with E-state index in [0.717, 1.165) is 16.8 Å². The Kier molecular flexibility index (Phi) is 5.28. The summed E-state index contributed by atoms with van der Waals surface area (Å²) >= 11 is 0. The van der Waals surface area contributed by atoms with E-state index < -0.39 is 0 Å². The van der Waals surface area contributed by atoms with Crippen LogP contribution in [0.2, 0.25) is 0 Å². The number of carbonyl (C=O) groups is 1. The third kappa shape index (κ3) is 4.32. The Morgan fingerprint density at radius 1 is 1.00 bits per heavy atom. The van der Waals surface area contributed by atoms with Crippen LogP contribution in [0.4, 0.5) is 5.69 Å². The highest BCUT2D eigenvalue weighted by Crippen LogP contribution is 2.22. The van der Waals surface area contributed by atoms with Crippen LogP contribution in [-0.4, -0.2) is 25.3 Å². The van der Waals surface area contributed by atoms with Gasteiger partial charge in [0, 0.05) is 53.4 Å². The van der Waals surface area contributed by atoms with Crippen LogP contribution < -0.4 is 10.1 Å². The number of rotatable bonds is 6. The van der Waals surface area contributed by atoms with Gasteiger partial charge in [0.05, 0.1) is 5.69 Å². The van der Waals surface area contributed by atoms with Crippen molar-refractivity contribution in [2.24, 2.45) is 0 Å². The van der Waals surface area contributed by atoms with Crippen LogP contribution in [0.3, 0.4) is 0 Å². The molecule has 0 saturated heterocycles. The first-order valence-electron chi connectivity index (χ1n) is 10.1. The number of hydrogen-bond acceptors (Lipinski definition) is 5. The van der Waals surface area contributed by atoms with Crippen molar-refractivity contribution in [2.45, 2.75) is 6.61 Å². The molecule has 7 heteroatoms. The molecule has 5 rings (SSSR count). The van der Waals surface area contributed by atoms with Crippen LogP contribution in [0, 0.1) is 0 Å². The number of pyridine rings is 1. The second-order valence-electron chi connectivity index (χ2n) is 7.16. The summed E-state index contributed by atoms with van der Waals surface area (Å²) < 4.78 is 7.66. The molecular formula is C25H19N5O2. The van der Waals surface area contributed by atoms with Crippen molar-refractivity contribution in [2.75, 3.05) is 5.32 Å². The molecule has 0 aliphatic carbocycles. The quantitative estimate of drug-likeness (QED) is 0.433. The minimum Gasteiger partial charge on any atom is -0.489 e. The van der Waals surface area contributed by atoms with Crippen LogP contribution in [0.1, 0.15) is 15.9 Å². The fourth-order valence-corrected chi connectivity index (χ4v) is 3.27. The molecule has 3 heterocycles. The fourth-order valence-electron chi connectivity index (χ4n) is 3.27. The Morgan fingerprint density at radius 3 is 2.72 bits per heavy atom. The zero-order chi connectivity index (χ0) is 21.8. The zero-order valence-corrected chi connectivity index (χ0v) is 17.1. The van der Waals surface area contributed by atoms with Gasteiger partial charge in [0.25, 0.3) is 5.91 Å². The number of anilines is 1.